The van der Waals surface area contributed by atoms with Gasteiger partial charge in [-0.2, -0.15) is 0 Å². The van der Waals surface area contributed by atoms with Crippen LogP contribution in [-0.2, 0) is 0 Å². The smallest absolute Gasteiger partial charge is 0.326 e. The van der Waals surface area contributed by atoms with Crippen LogP contribution in [0.2, 0.25) is 5.02 Å². The molecule has 0 saturated carbocycles. The summed E-state index contributed by atoms with van der Waals surface area (Å²) in [5, 5.41) is 13.6. The van der Waals surface area contributed by atoms with Gasteiger partial charge in [-0.15, -0.1) is 0 Å². The van der Waals surface area contributed by atoms with Crippen LogP contribution in [0.1, 0.15) is 18.1 Å². The number of nitrogens with zero attached hydrogens (tertiary/aromatic N) is 1. The van der Waals surface area contributed by atoms with Crippen molar-refractivity contribution in [2.24, 2.45) is 0 Å². The predicted octanol–water partition coefficient (Wildman–Crippen LogP) is 3.82. The number of hydrogen-bond acceptors (Lipinski definition) is 3. The zero-order valence-corrected chi connectivity index (χ0v) is 13.4. The fourth-order valence-corrected chi connectivity index (χ4v) is 2.75. The monoisotopic (exact) mass is 332 g/mol. The van der Waals surface area contributed by atoms with E-state index in [4.69, 9.17) is 16.3 Å². The molecule has 2 aromatic carbocycles. The fourth-order valence-electron chi connectivity index (χ4n) is 2.63. The van der Waals surface area contributed by atoms with Crippen LogP contribution < -0.4 is 15.0 Å². The molecule has 120 valence electrons. The van der Waals surface area contributed by atoms with E-state index in [1.165, 1.54) is 0 Å². The number of aliphatic hydroxyl groups excluding tert-OH is 1. The molecule has 3 rings (SSSR count). The molecule has 2 aromatic rings. The zero-order chi connectivity index (χ0) is 16.4. The quantitative estimate of drug-likeness (QED) is 0.878. The van der Waals surface area contributed by atoms with Crippen LogP contribution in [0.25, 0.3) is 0 Å². The molecule has 0 aromatic heterocycles. The van der Waals surface area contributed by atoms with Gasteiger partial charge in [0, 0.05) is 28.9 Å². The fraction of sp³-hybridized carbons (Fsp3) is 0.235. The van der Waals surface area contributed by atoms with E-state index in [1.54, 1.807) is 54.5 Å². The summed E-state index contributed by atoms with van der Waals surface area (Å²) in [6, 6.07) is 12.0. The summed E-state index contributed by atoms with van der Waals surface area (Å²) in [5.41, 5.74) is 2.05. The van der Waals surface area contributed by atoms with Crippen molar-refractivity contribution < 1.29 is 14.6 Å². The van der Waals surface area contributed by atoms with E-state index in [1.807, 2.05) is 0 Å². The Morgan fingerprint density at radius 3 is 2.74 bits per heavy atom. The number of carbonyl (C=O) groups is 1. The van der Waals surface area contributed by atoms with Crippen molar-refractivity contribution in [3.63, 3.8) is 0 Å². The lowest BCUT2D eigenvalue weighted by Gasteiger charge is -2.32. The van der Waals surface area contributed by atoms with Crippen molar-refractivity contribution in [3.05, 3.63) is 53.1 Å². The molecule has 1 unspecified atom stereocenters. The number of amides is 2. The lowest BCUT2D eigenvalue weighted by atomic mass is 9.99. The maximum absolute atomic E-state index is 12.6. The second kappa shape index (κ2) is 6.48. The molecule has 1 aliphatic heterocycles. The Morgan fingerprint density at radius 2 is 2.04 bits per heavy atom. The highest BCUT2D eigenvalue weighted by Crippen LogP contribution is 2.36. The van der Waals surface area contributed by atoms with Crippen LogP contribution in [0.15, 0.2) is 42.5 Å². The minimum atomic E-state index is -0.574. The maximum atomic E-state index is 12.6. The zero-order valence-electron chi connectivity index (χ0n) is 12.6. The van der Waals surface area contributed by atoms with Gasteiger partial charge in [-0.25, -0.2) is 4.79 Å². The second-order valence-electron chi connectivity index (χ2n) is 5.32. The summed E-state index contributed by atoms with van der Waals surface area (Å²) < 4.78 is 5.22. The van der Waals surface area contributed by atoms with Crippen molar-refractivity contribution in [3.8, 4) is 5.75 Å². The van der Waals surface area contributed by atoms with Gasteiger partial charge in [-0.05, 0) is 36.8 Å². The number of methoxy groups -OCH3 is 1. The number of anilines is 2. The summed E-state index contributed by atoms with van der Waals surface area (Å²) in [6.07, 6.45) is -0.0802. The van der Waals surface area contributed by atoms with Crippen LogP contribution in [0.3, 0.4) is 0 Å². The number of halogens is 1. The molecule has 5 nitrogen and oxygen atoms in total. The van der Waals surface area contributed by atoms with Gasteiger partial charge in [0.15, 0.2) is 0 Å². The number of hydrogen-bond donors (Lipinski definition) is 2. The molecule has 23 heavy (non-hydrogen) atoms. The predicted molar refractivity (Wildman–Crippen MR) is 90.4 cm³/mol. The standard InChI is InChI=1S/C17H17ClN2O3/c1-23-13-6-7-14-15(10-13)20(9-8-16(14)21)17(22)19-12-4-2-11(18)3-5-12/h2-7,10,16,21H,8-9H2,1H3,(H,19,22). The Kier molecular flexibility index (Phi) is 4.41. The number of benzene rings is 2. The molecular formula is C17H17ClN2O3. The normalized spacial score (nSPS) is 16.7. The van der Waals surface area contributed by atoms with Crippen LogP contribution >= 0.6 is 11.6 Å². The van der Waals surface area contributed by atoms with Crippen LogP contribution in [0.5, 0.6) is 5.75 Å². The Hall–Kier alpha value is -2.24. The van der Waals surface area contributed by atoms with Crippen molar-refractivity contribution >= 4 is 29.0 Å². The van der Waals surface area contributed by atoms with E-state index in [0.717, 1.165) is 5.56 Å². The van der Waals surface area contributed by atoms with Gasteiger partial charge < -0.3 is 15.2 Å². The number of urea groups is 1. The van der Waals surface area contributed by atoms with Crippen molar-refractivity contribution in [2.75, 3.05) is 23.9 Å². The van der Waals surface area contributed by atoms with Gasteiger partial charge in [-0.1, -0.05) is 17.7 Å². The Morgan fingerprint density at radius 1 is 1.30 bits per heavy atom. The summed E-state index contributed by atoms with van der Waals surface area (Å²) in [5.74, 6) is 0.641. The highest BCUT2D eigenvalue weighted by Gasteiger charge is 2.28. The van der Waals surface area contributed by atoms with Crippen LogP contribution in [-0.4, -0.2) is 24.8 Å². The molecule has 1 atom stereocenters. The Labute approximate surface area is 139 Å². The molecule has 0 aliphatic carbocycles. The van der Waals surface area contributed by atoms with Gasteiger partial charge in [0.25, 0.3) is 0 Å². The van der Waals surface area contributed by atoms with Gasteiger partial charge >= 0.3 is 6.03 Å². The number of carbonyl (C=O) groups excluding carboxylic acids is 1. The first kappa shape index (κ1) is 15.6. The molecule has 1 aliphatic rings. The van der Waals surface area contributed by atoms with E-state index < -0.39 is 6.10 Å². The lowest BCUT2D eigenvalue weighted by Crippen LogP contribution is -2.39. The first-order chi connectivity index (χ1) is 11.1. The molecule has 1 heterocycles. The molecule has 0 saturated heterocycles. The summed E-state index contributed by atoms with van der Waals surface area (Å²) in [7, 11) is 1.57. The Balaban J connectivity index is 1.87. The maximum Gasteiger partial charge on any atom is 0.326 e. The second-order valence-corrected chi connectivity index (χ2v) is 5.75. The number of fused-ring (bicyclic) bond motifs is 1. The first-order valence-corrected chi connectivity index (χ1v) is 7.66. The number of nitrogens with one attached hydrogen (secondary N) is 1. The minimum absolute atomic E-state index is 0.256. The highest BCUT2D eigenvalue weighted by atomic mass is 35.5. The number of rotatable bonds is 2. The molecule has 0 bridgehead atoms. The average molecular weight is 333 g/mol. The minimum Gasteiger partial charge on any atom is -0.497 e. The van der Waals surface area contributed by atoms with Gasteiger partial charge in [0.2, 0.25) is 0 Å². The molecule has 0 fully saturated rings. The van der Waals surface area contributed by atoms with Crippen molar-refractivity contribution in [1.29, 1.82) is 0 Å². The number of aliphatic hydroxyl groups is 1. The van der Waals surface area contributed by atoms with Gasteiger partial charge in [0.05, 0.1) is 18.9 Å². The van der Waals surface area contributed by atoms with E-state index >= 15 is 0 Å². The molecule has 0 spiro atoms. The van der Waals surface area contributed by atoms with Crippen molar-refractivity contribution in [1.82, 2.24) is 0 Å². The number of ether oxygens (including phenoxy) is 1. The SMILES string of the molecule is COc1ccc2c(c1)N(C(=O)Nc1ccc(Cl)cc1)CCC2O. The van der Waals surface area contributed by atoms with Crippen molar-refractivity contribution in [2.45, 2.75) is 12.5 Å². The third-order valence-corrected chi connectivity index (χ3v) is 4.11. The lowest BCUT2D eigenvalue weighted by molar-refractivity contribution is 0.164. The van der Waals surface area contributed by atoms with E-state index in [0.29, 0.717) is 35.1 Å². The Bertz CT molecular complexity index is 718. The summed E-state index contributed by atoms with van der Waals surface area (Å²) in [6.45, 7) is 0.431. The molecule has 2 amide bonds. The molecule has 0 radical (unpaired) electrons. The van der Waals surface area contributed by atoms with Gasteiger partial charge in [0.1, 0.15) is 5.75 Å². The van der Waals surface area contributed by atoms with E-state index in [9.17, 15) is 9.90 Å². The average Bonchev–Trinajstić information content (AvgIpc) is 2.56. The molecule has 6 heteroatoms. The highest BCUT2D eigenvalue weighted by molar-refractivity contribution is 6.30. The summed E-state index contributed by atoms with van der Waals surface area (Å²) in [4.78, 5) is 14.2. The molecule has 2 N–H and O–H groups in total. The first-order valence-electron chi connectivity index (χ1n) is 7.28. The third kappa shape index (κ3) is 3.25. The molecular weight excluding hydrogens is 316 g/mol. The third-order valence-electron chi connectivity index (χ3n) is 3.85. The topological polar surface area (TPSA) is 61.8 Å². The van der Waals surface area contributed by atoms with Crippen LogP contribution in [0.4, 0.5) is 16.2 Å². The summed E-state index contributed by atoms with van der Waals surface area (Å²) >= 11 is 5.85. The van der Waals surface area contributed by atoms with Gasteiger partial charge in [-0.3, -0.25) is 4.90 Å². The largest absolute Gasteiger partial charge is 0.497 e. The van der Waals surface area contributed by atoms with E-state index in [-0.39, 0.29) is 6.03 Å². The van der Waals surface area contributed by atoms with E-state index in [2.05, 4.69) is 5.32 Å². The van der Waals surface area contributed by atoms with Crippen LogP contribution in [0, 0.1) is 0 Å².